The Labute approximate surface area is 124 Å². The number of rotatable bonds is 4. The van der Waals surface area contributed by atoms with Crippen LogP contribution in [-0.4, -0.2) is 17.0 Å². The van der Waals surface area contributed by atoms with Gasteiger partial charge in [0.05, 0.1) is 0 Å². The Balaban J connectivity index is 1.53. The van der Waals surface area contributed by atoms with E-state index < -0.39 is 0 Å². The minimum Gasteiger partial charge on any atom is -0.460 e. The van der Waals surface area contributed by atoms with Gasteiger partial charge in [-0.2, -0.15) is 0 Å². The van der Waals surface area contributed by atoms with Crippen molar-refractivity contribution >= 4 is 5.97 Å². The summed E-state index contributed by atoms with van der Waals surface area (Å²) in [5, 5.41) is 3.34. The molecule has 21 heavy (non-hydrogen) atoms. The highest BCUT2D eigenvalue weighted by atomic mass is 16.5. The van der Waals surface area contributed by atoms with Crippen molar-refractivity contribution < 1.29 is 9.53 Å². The number of esters is 1. The average Bonchev–Trinajstić information content (AvgIpc) is 3.04. The van der Waals surface area contributed by atoms with E-state index in [1.165, 1.54) is 5.56 Å². The van der Waals surface area contributed by atoms with Gasteiger partial charge in [0.1, 0.15) is 12.6 Å². The summed E-state index contributed by atoms with van der Waals surface area (Å²) in [4.78, 5) is 16.1. The van der Waals surface area contributed by atoms with Gasteiger partial charge in [-0.05, 0) is 36.1 Å². The van der Waals surface area contributed by atoms with Gasteiger partial charge in [0.2, 0.25) is 0 Å². The maximum absolute atomic E-state index is 12.1. The lowest BCUT2D eigenvalue weighted by Crippen LogP contribution is -2.33. The molecule has 1 aromatic carbocycles. The van der Waals surface area contributed by atoms with E-state index in [2.05, 4.69) is 10.3 Å². The average molecular weight is 282 g/mol. The van der Waals surface area contributed by atoms with Gasteiger partial charge in [-0.3, -0.25) is 15.1 Å². The lowest BCUT2D eigenvalue weighted by atomic mass is 10.1. The van der Waals surface area contributed by atoms with E-state index in [9.17, 15) is 4.79 Å². The predicted molar refractivity (Wildman–Crippen MR) is 79.4 cm³/mol. The lowest BCUT2D eigenvalue weighted by molar-refractivity contribution is -0.147. The molecule has 0 radical (unpaired) electrons. The van der Waals surface area contributed by atoms with Crippen LogP contribution in [0.2, 0.25) is 0 Å². The first kappa shape index (κ1) is 13.8. The zero-order chi connectivity index (χ0) is 14.5. The molecule has 1 N–H and O–H groups in total. The third kappa shape index (κ3) is 3.47. The fourth-order valence-corrected chi connectivity index (χ4v) is 2.62. The van der Waals surface area contributed by atoms with E-state index >= 15 is 0 Å². The number of hydrogen-bond donors (Lipinski definition) is 1. The number of carbonyl (C=O) groups is 1. The fourth-order valence-electron chi connectivity index (χ4n) is 2.62. The molecule has 1 aliphatic rings. The molecule has 2 aromatic rings. The standard InChI is InChI=1S/C17H18N2O2/c20-17(21-12-13-4-2-1-3-5-13)16-7-6-15(19-16)14-8-10-18-11-9-14/h1-5,8-11,15-16,19H,6-7,12H2. The van der Waals surface area contributed by atoms with Crippen molar-refractivity contribution in [3.8, 4) is 0 Å². The number of benzene rings is 1. The van der Waals surface area contributed by atoms with Crippen molar-refractivity contribution in [2.45, 2.75) is 31.5 Å². The van der Waals surface area contributed by atoms with Crippen LogP contribution in [0.15, 0.2) is 54.9 Å². The molecule has 108 valence electrons. The van der Waals surface area contributed by atoms with Gasteiger partial charge in [-0.15, -0.1) is 0 Å². The first-order valence-corrected chi connectivity index (χ1v) is 7.19. The van der Waals surface area contributed by atoms with E-state index in [4.69, 9.17) is 4.74 Å². The first-order chi connectivity index (χ1) is 10.3. The lowest BCUT2D eigenvalue weighted by Gasteiger charge is -2.14. The van der Waals surface area contributed by atoms with Crippen molar-refractivity contribution in [3.05, 3.63) is 66.0 Å². The Morgan fingerprint density at radius 2 is 1.90 bits per heavy atom. The summed E-state index contributed by atoms with van der Waals surface area (Å²) in [7, 11) is 0. The highest BCUT2D eigenvalue weighted by Gasteiger charge is 2.30. The van der Waals surface area contributed by atoms with Gasteiger partial charge in [0.25, 0.3) is 0 Å². The monoisotopic (exact) mass is 282 g/mol. The van der Waals surface area contributed by atoms with Crippen molar-refractivity contribution in [2.75, 3.05) is 0 Å². The van der Waals surface area contributed by atoms with Crippen LogP contribution in [0.4, 0.5) is 0 Å². The summed E-state index contributed by atoms with van der Waals surface area (Å²) in [5.74, 6) is -0.171. The van der Waals surface area contributed by atoms with Crippen LogP contribution in [0.5, 0.6) is 0 Å². The number of aromatic nitrogens is 1. The van der Waals surface area contributed by atoms with Gasteiger partial charge < -0.3 is 4.74 Å². The fraction of sp³-hybridized carbons (Fsp3) is 0.294. The quantitative estimate of drug-likeness (QED) is 0.876. The molecule has 2 atom stereocenters. The largest absolute Gasteiger partial charge is 0.460 e. The Bertz CT molecular complexity index is 586. The highest BCUT2D eigenvalue weighted by molar-refractivity contribution is 5.76. The number of hydrogen-bond acceptors (Lipinski definition) is 4. The van der Waals surface area contributed by atoms with Crippen LogP contribution in [0.3, 0.4) is 0 Å². The maximum Gasteiger partial charge on any atom is 0.323 e. The molecule has 1 aromatic heterocycles. The van der Waals surface area contributed by atoms with E-state index in [0.717, 1.165) is 18.4 Å². The second kappa shape index (κ2) is 6.50. The molecule has 4 nitrogen and oxygen atoms in total. The summed E-state index contributed by atoms with van der Waals surface area (Å²) in [6.07, 6.45) is 5.30. The summed E-state index contributed by atoms with van der Waals surface area (Å²) in [6.45, 7) is 0.331. The first-order valence-electron chi connectivity index (χ1n) is 7.19. The molecule has 3 rings (SSSR count). The zero-order valence-corrected chi connectivity index (χ0v) is 11.7. The number of nitrogens with one attached hydrogen (secondary N) is 1. The maximum atomic E-state index is 12.1. The Hall–Kier alpha value is -2.20. The SMILES string of the molecule is O=C(OCc1ccccc1)C1CCC(c2ccncc2)N1. The molecular weight excluding hydrogens is 264 g/mol. The van der Waals surface area contributed by atoms with Crippen molar-refractivity contribution in [1.82, 2.24) is 10.3 Å². The van der Waals surface area contributed by atoms with Crippen LogP contribution in [0.25, 0.3) is 0 Å². The third-order valence-corrected chi connectivity index (χ3v) is 3.76. The smallest absolute Gasteiger partial charge is 0.323 e. The minimum atomic E-state index is -0.216. The van der Waals surface area contributed by atoms with Gasteiger partial charge in [-0.1, -0.05) is 30.3 Å². The molecule has 0 saturated carbocycles. The minimum absolute atomic E-state index is 0.171. The van der Waals surface area contributed by atoms with Gasteiger partial charge in [0, 0.05) is 18.4 Å². The number of pyridine rings is 1. The summed E-state index contributed by atoms with van der Waals surface area (Å²) in [5.41, 5.74) is 2.18. The molecule has 1 aliphatic heterocycles. The molecule has 4 heteroatoms. The zero-order valence-electron chi connectivity index (χ0n) is 11.7. The van der Waals surface area contributed by atoms with Crippen molar-refractivity contribution in [2.24, 2.45) is 0 Å². The van der Waals surface area contributed by atoms with Crippen LogP contribution in [0.1, 0.15) is 30.0 Å². The topological polar surface area (TPSA) is 51.2 Å². The van der Waals surface area contributed by atoms with E-state index in [1.54, 1.807) is 12.4 Å². The number of ether oxygens (including phenoxy) is 1. The molecule has 0 bridgehead atoms. The van der Waals surface area contributed by atoms with E-state index in [-0.39, 0.29) is 18.1 Å². The normalized spacial score (nSPS) is 21.1. The molecule has 1 saturated heterocycles. The van der Waals surface area contributed by atoms with Gasteiger partial charge >= 0.3 is 5.97 Å². The Morgan fingerprint density at radius 3 is 2.67 bits per heavy atom. The van der Waals surface area contributed by atoms with Crippen LogP contribution in [0, 0.1) is 0 Å². The van der Waals surface area contributed by atoms with E-state index in [0.29, 0.717) is 6.61 Å². The second-order valence-electron chi connectivity index (χ2n) is 5.22. The molecule has 1 fully saturated rings. The van der Waals surface area contributed by atoms with Gasteiger partial charge in [0.15, 0.2) is 0 Å². The van der Waals surface area contributed by atoms with Gasteiger partial charge in [-0.25, -0.2) is 0 Å². The Kier molecular flexibility index (Phi) is 4.26. The molecule has 0 aliphatic carbocycles. The summed E-state index contributed by atoms with van der Waals surface area (Å²) >= 11 is 0. The number of carbonyl (C=O) groups excluding carboxylic acids is 1. The molecule has 0 amide bonds. The number of nitrogens with zero attached hydrogens (tertiary/aromatic N) is 1. The molecule has 0 spiro atoms. The summed E-state index contributed by atoms with van der Waals surface area (Å²) < 4.78 is 5.38. The van der Waals surface area contributed by atoms with Crippen LogP contribution >= 0.6 is 0 Å². The Morgan fingerprint density at radius 1 is 1.14 bits per heavy atom. The van der Waals surface area contributed by atoms with Crippen molar-refractivity contribution in [3.63, 3.8) is 0 Å². The van der Waals surface area contributed by atoms with E-state index in [1.807, 2.05) is 42.5 Å². The molecular formula is C17H18N2O2. The second-order valence-corrected chi connectivity index (χ2v) is 5.22. The van der Waals surface area contributed by atoms with Crippen LogP contribution in [-0.2, 0) is 16.1 Å². The third-order valence-electron chi connectivity index (χ3n) is 3.76. The summed E-state index contributed by atoms with van der Waals surface area (Å²) in [6, 6.07) is 13.7. The molecule has 2 heterocycles. The van der Waals surface area contributed by atoms with Crippen LogP contribution < -0.4 is 5.32 Å². The van der Waals surface area contributed by atoms with Crippen molar-refractivity contribution in [1.29, 1.82) is 0 Å². The predicted octanol–water partition coefficient (Wildman–Crippen LogP) is 2.62. The molecule has 2 unspecified atom stereocenters. The highest BCUT2D eigenvalue weighted by Crippen LogP contribution is 2.26.